The number of hydrogen-bond acceptors (Lipinski definition) is 3. The Hall–Kier alpha value is -1.20. The molecule has 0 spiro atoms. The number of amides is 2. The van der Waals surface area contributed by atoms with Crippen LogP contribution in [0.4, 0.5) is 10.5 Å². The lowest BCUT2D eigenvalue weighted by molar-refractivity contribution is -0.0355. The predicted octanol–water partition coefficient (Wildman–Crippen LogP) is 3.19. The molecule has 0 bridgehead atoms. The van der Waals surface area contributed by atoms with Crippen molar-refractivity contribution < 1.29 is 9.53 Å². The van der Waals surface area contributed by atoms with Crippen LogP contribution in [0.25, 0.3) is 0 Å². The minimum atomic E-state index is -0.0507. The highest BCUT2D eigenvalue weighted by atomic mass is 32.2. The third kappa shape index (κ3) is 3.67. The molecule has 1 heterocycles. The number of carbonyl (C=O) groups is 1. The van der Waals surface area contributed by atoms with E-state index in [0.29, 0.717) is 13.2 Å². The van der Waals surface area contributed by atoms with Crippen LogP contribution in [0.3, 0.4) is 0 Å². The van der Waals surface area contributed by atoms with E-state index in [4.69, 9.17) is 4.74 Å². The van der Waals surface area contributed by atoms with Crippen molar-refractivity contribution in [2.45, 2.75) is 31.7 Å². The minimum absolute atomic E-state index is 0.0507. The van der Waals surface area contributed by atoms with E-state index in [9.17, 15) is 4.79 Å². The molecule has 5 heteroatoms. The van der Waals surface area contributed by atoms with Gasteiger partial charge >= 0.3 is 6.03 Å². The van der Waals surface area contributed by atoms with Gasteiger partial charge in [0.15, 0.2) is 0 Å². The lowest BCUT2D eigenvalue weighted by Gasteiger charge is -2.37. The molecule has 0 unspecified atom stereocenters. The third-order valence-electron chi connectivity index (χ3n) is 3.66. The van der Waals surface area contributed by atoms with Gasteiger partial charge in [-0.2, -0.15) is 11.8 Å². The van der Waals surface area contributed by atoms with Crippen LogP contribution in [0, 0.1) is 0 Å². The van der Waals surface area contributed by atoms with Crippen molar-refractivity contribution in [3.05, 3.63) is 29.8 Å². The highest BCUT2D eigenvalue weighted by Crippen LogP contribution is 2.17. The molecule has 20 heavy (non-hydrogen) atoms. The smallest absolute Gasteiger partial charge is 0.322 e. The van der Waals surface area contributed by atoms with E-state index in [0.717, 1.165) is 11.4 Å². The monoisotopic (exact) mass is 294 g/mol. The van der Waals surface area contributed by atoms with Crippen molar-refractivity contribution in [3.8, 4) is 0 Å². The largest absolute Gasteiger partial charge is 0.375 e. The fourth-order valence-electron chi connectivity index (χ4n) is 2.27. The first-order valence-electron chi connectivity index (χ1n) is 6.89. The first-order chi connectivity index (χ1) is 9.61. The van der Waals surface area contributed by atoms with E-state index in [2.05, 4.69) is 23.7 Å². The van der Waals surface area contributed by atoms with Crippen LogP contribution in [-0.2, 0) is 10.5 Å². The van der Waals surface area contributed by atoms with E-state index in [-0.39, 0.29) is 18.2 Å². The second kappa shape index (κ2) is 6.99. The van der Waals surface area contributed by atoms with Crippen molar-refractivity contribution in [1.29, 1.82) is 0 Å². The predicted molar refractivity (Wildman–Crippen MR) is 84.3 cm³/mol. The van der Waals surface area contributed by atoms with Crippen LogP contribution < -0.4 is 5.32 Å². The zero-order valence-corrected chi connectivity index (χ0v) is 13.1. The lowest BCUT2D eigenvalue weighted by Crippen LogP contribution is -2.52. The number of thioether (sulfide) groups is 1. The summed E-state index contributed by atoms with van der Waals surface area (Å²) in [5.41, 5.74) is 2.11. The average molecular weight is 294 g/mol. The molecule has 1 aromatic carbocycles. The van der Waals surface area contributed by atoms with Crippen LogP contribution in [0.15, 0.2) is 24.3 Å². The molecule has 2 rings (SSSR count). The van der Waals surface area contributed by atoms with Crippen molar-refractivity contribution >= 4 is 23.5 Å². The molecule has 0 saturated carbocycles. The Bertz CT molecular complexity index is 450. The van der Waals surface area contributed by atoms with Gasteiger partial charge in [-0.15, -0.1) is 0 Å². The Balaban J connectivity index is 1.96. The van der Waals surface area contributed by atoms with Crippen LogP contribution in [0.5, 0.6) is 0 Å². The topological polar surface area (TPSA) is 41.6 Å². The summed E-state index contributed by atoms with van der Waals surface area (Å²) >= 11 is 1.79. The molecule has 1 aliphatic rings. The lowest BCUT2D eigenvalue weighted by atomic mass is 10.1. The highest BCUT2D eigenvalue weighted by molar-refractivity contribution is 7.97. The molecule has 2 amide bonds. The summed E-state index contributed by atoms with van der Waals surface area (Å²) in [4.78, 5) is 14.1. The molecule has 0 aliphatic carbocycles. The molecule has 1 aliphatic heterocycles. The maximum Gasteiger partial charge on any atom is 0.322 e. The molecule has 1 saturated heterocycles. The molecule has 110 valence electrons. The normalized spacial score (nSPS) is 22.6. The number of nitrogens with zero attached hydrogens (tertiary/aromatic N) is 1. The standard InChI is InChI=1S/C15H22N2O2S/c1-11-12(2)19-9-8-17(11)15(18)16-14-6-4-13(5-7-14)10-20-3/h4-7,11-12H,8-10H2,1-3H3,(H,16,18)/t11-,12+/m1/s1. The van der Waals surface area contributed by atoms with Crippen molar-refractivity contribution in [2.24, 2.45) is 0 Å². The molecule has 1 fully saturated rings. The fourth-order valence-corrected chi connectivity index (χ4v) is 2.79. The summed E-state index contributed by atoms with van der Waals surface area (Å²) < 4.78 is 5.54. The summed E-state index contributed by atoms with van der Waals surface area (Å²) in [7, 11) is 0. The number of ether oxygens (including phenoxy) is 1. The van der Waals surface area contributed by atoms with E-state index < -0.39 is 0 Å². The van der Waals surface area contributed by atoms with Gasteiger partial charge < -0.3 is 15.0 Å². The number of nitrogens with one attached hydrogen (secondary N) is 1. The highest BCUT2D eigenvalue weighted by Gasteiger charge is 2.28. The van der Waals surface area contributed by atoms with Gasteiger partial charge in [0.25, 0.3) is 0 Å². The van der Waals surface area contributed by atoms with E-state index in [1.165, 1.54) is 5.56 Å². The van der Waals surface area contributed by atoms with Gasteiger partial charge in [-0.25, -0.2) is 4.79 Å². The summed E-state index contributed by atoms with van der Waals surface area (Å²) in [6.45, 7) is 5.26. The Morgan fingerprint density at radius 1 is 1.40 bits per heavy atom. The maximum atomic E-state index is 12.3. The van der Waals surface area contributed by atoms with Crippen LogP contribution >= 0.6 is 11.8 Å². The Morgan fingerprint density at radius 2 is 2.10 bits per heavy atom. The van der Waals surface area contributed by atoms with Crippen molar-refractivity contribution in [3.63, 3.8) is 0 Å². The number of benzene rings is 1. The van der Waals surface area contributed by atoms with E-state index in [1.807, 2.05) is 30.9 Å². The van der Waals surface area contributed by atoms with Gasteiger partial charge in [0, 0.05) is 18.0 Å². The number of anilines is 1. The van der Waals surface area contributed by atoms with E-state index >= 15 is 0 Å². The molecule has 0 radical (unpaired) electrons. The van der Waals surface area contributed by atoms with Gasteiger partial charge in [0.1, 0.15) is 0 Å². The first-order valence-corrected chi connectivity index (χ1v) is 8.28. The van der Waals surface area contributed by atoms with Crippen molar-refractivity contribution in [1.82, 2.24) is 4.90 Å². The molecule has 4 nitrogen and oxygen atoms in total. The molecule has 0 aromatic heterocycles. The summed E-state index contributed by atoms with van der Waals surface area (Å²) in [5.74, 6) is 0.992. The molecule has 1 aromatic rings. The molecular weight excluding hydrogens is 272 g/mol. The first kappa shape index (κ1) is 15.2. The summed E-state index contributed by atoms with van der Waals surface area (Å²) in [6, 6.07) is 8.06. The number of morpholine rings is 1. The minimum Gasteiger partial charge on any atom is -0.375 e. The van der Waals surface area contributed by atoms with Gasteiger partial charge in [-0.1, -0.05) is 12.1 Å². The number of rotatable bonds is 3. The number of carbonyl (C=O) groups excluding carboxylic acids is 1. The van der Waals surface area contributed by atoms with Gasteiger partial charge in [-0.05, 0) is 37.8 Å². The quantitative estimate of drug-likeness (QED) is 0.931. The zero-order chi connectivity index (χ0) is 14.5. The van der Waals surface area contributed by atoms with Crippen molar-refractivity contribution in [2.75, 3.05) is 24.7 Å². The number of urea groups is 1. The second-order valence-electron chi connectivity index (χ2n) is 5.07. The molecule has 2 atom stereocenters. The Morgan fingerprint density at radius 3 is 2.75 bits per heavy atom. The Kier molecular flexibility index (Phi) is 5.31. The zero-order valence-electron chi connectivity index (χ0n) is 12.3. The maximum absolute atomic E-state index is 12.3. The fraction of sp³-hybridized carbons (Fsp3) is 0.533. The molecule has 1 N–H and O–H groups in total. The number of hydrogen-bond donors (Lipinski definition) is 1. The summed E-state index contributed by atoms with van der Waals surface area (Å²) in [6.07, 6.45) is 2.16. The summed E-state index contributed by atoms with van der Waals surface area (Å²) in [5, 5.41) is 2.96. The average Bonchev–Trinajstić information content (AvgIpc) is 2.44. The SMILES string of the molecule is CSCc1ccc(NC(=O)N2CCO[C@@H](C)[C@H]2C)cc1. The van der Waals surface area contributed by atoms with Crippen LogP contribution in [-0.4, -0.2) is 42.5 Å². The van der Waals surface area contributed by atoms with Gasteiger partial charge in [0.05, 0.1) is 18.8 Å². The second-order valence-corrected chi connectivity index (χ2v) is 5.94. The van der Waals surface area contributed by atoms with Gasteiger partial charge in [0.2, 0.25) is 0 Å². The van der Waals surface area contributed by atoms with Crippen LogP contribution in [0.1, 0.15) is 19.4 Å². The Labute approximate surface area is 124 Å². The van der Waals surface area contributed by atoms with Crippen LogP contribution in [0.2, 0.25) is 0 Å². The third-order valence-corrected chi connectivity index (χ3v) is 4.28. The van der Waals surface area contributed by atoms with Gasteiger partial charge in [-0.3, -0.25) is 0 Å². The van der Waals surface area contributed by atoms with E-state index in [1.54, 1.807) is 11.8 Å². The molecular formula is C15H22N2O2S.